The van der Waals surface area contributed by atoms with Crippen LogP contribution < -0.4 is 5.32 Å². The lowest BCUT2D eigenvalue weighted by Crippen LogP contribution is -2.32. The summed E-state index contributed by atoms with van der Waals surface area (Å²) in [6, 6.07) is 0. The first-order valence-electron chi connectivity index (χ1n) is 7.63. The summed E-state index contributed by atoms with van der Waals surface area (Å²) in [5.74, 6) is 1.55. The van der Waals surface area contributed by atoms with Gasteiger partial charge in [0.15, 0.2) is 11.6 Å². The molecule has 1 aliphatic rings. The zero-order valence-electron chi connectivity index (χ0n) is 12.5. The first kappa shape index (κ1) is 14.6. The van der Waals surface area contributed by atoms with E-state index < -0.39 is 0 Å². The van der Waals surface area contributed by atoms with Crippen molar-refractivity contribution in [3.8, 4) is 0 Å². The van der Waals surface area contributed by atoms with Gasteiger partial charge in [-0.25, -0.2) is 4.68 Å². The SMILES string of the molecule is CCc1noc(CCNC(=O)[C@H]2CCCCn3nnnc32)n1. The van der Waals surface area contributed by atoms with Gasteiger partial charge in [-0.3, -0.25) is 4.79 Å². The molecule has 0 saturated carbocycles. The number of hydrogen-bond donors (Lipinski definition) is 1. The Morgan fingerprint density at radius 3 is 3.18 bits per heavy atom. The smallest absolute Gasteiger partial charge is 0.230 e. The molecule has 22 heavy (non-hydrogen) atoms. The molecule has 3 heterocycles. The summed E-state index contributed by atoms with van der Waals surface area (Å²) in [6.07, 6.45) is 4.00. The number of aromatic nitrogens is 6. The molecule has 0 unspecified atom stereocenters. The van der Waals surface area contributed by atoms with Gasteiger partial charge in [0.25, 0.3) is 0 Å². The molecule has 1 aliphatic heterocycles. The van der Waals surface area contributed by atoms with Crippen molar-refractivity contribution in [2.45, 2.75) is 51.5 Å². The summed E-state index contributed by atoms with van der Waals surface area (Å²) >= 11 is 0. The maximum atomic E-state index is 12.4. The molecular formula is C13H19N7O2. The quantitative estimate of drug-likeness (QED) is 0.842. The topological polar surface area (TPSA) is 112 Å². The van der Waals surface area contributed by atoms with Crippen LogP contribution in [0.25, 0.3) is 0 Å². The van der Waals surface area contributed by atoms with E-state index in [1.165, 1.54) is 0 Å². The molecule has 0 bridgehead atoms. The number of carbonyl (C=O) groups is 1. The van der Waals surface area contributed by atoms with Crippen LogP contribution in [-0.4, -0.2) is 42.8 Å². The predicted molar refractivity (Wildman–Crippen MR) is 74.8 cm³/mol. The van der Waals surface area contributed by atoms with E-state index in [2.05, 4.69) is 31.0 Å². The van der Waals surface area contributed by atoms with Gasteiger partial charge in [0, 0.05) is 25.9 Å². The zero-order chi connectivity index (χ0) is 15.4. The standard InChI is InChI=1S/C13H19N7O2/c1-2-10-15-11(22-17-10)6-7-14-13(21)9-5-3-4-8-20-12(9)16-18-19-20/h9H,2-8H2,1H3,(H,14,21)/t9-/m0/s1. The van der Waals surface area contributed by atoms with Crippen LogP contribution in [0.5, 0.6) is 0 Å². The van der Waals surface area contributed by atoms with E-state index in [4.69, 9.17) is 4.52 Å². The highest BCUT2D eigenvalue weighted by Gasteiger charge is 2.28. The number of aryl methyl sites for hydroxylation is 2. The molecule has 0 aromatic carbocycles. The molecular weight excluding hydrogens is 286 g/mol. The third kappa shape index (κ3) is 3.12. The second-order valence-electron chi connectivity index (χ2n) is 5.31. The second-order valence-corrected chi connectivity index (χ2v) is 5.31. The predicted octanol–water partition coefficient (Wildman–Crippen LogP) is 0.245. The number of amides is 1. The maximum Gasteiger partial charge on any atom is 0.230 e. The van der Waals surface area contributed by atoms with E-state index >= 15 is 0 Å². The summed E-state index contributed by atoms with van der Waals surface area (Å²) < 4.78 is 6.82. The van der Waals surface area contributed by atoms with Gasteiger partial charge in [0.2, 0.25) is 11.8 Å². The fraction of sp³-hybridized carbons (Fsp3) is 0.692. The Balaban J connectivity index is 1.56. The highest BCUT2D eigenvalue weighted by atomic mass is 16.5. The van der Waals surface area contributed by atoms with Crippen molar-refractivity contribution >= 4 is 5.91 Å². The molecule has 1 N–H and O–H groups in total. The van der Waals surface area contributed by atoms with Crippen LogP contribution in [0.1, 0.15) is 49.6 Å². The summed E-state index contributed by atoms with van der Waals surface area (Å²) in [6.45, 7) is 3.20. The van der Waals surface area contributed by atoms with Crippen LogP contribution in [-0.2, 0) is 24.2 Å². The Hall–Kier alpha value is -2.32. The lowest BCUT2D eigenvalue weighted by atomic mass is 10.0. The van der Waals surface area contributed by atoms with Crippen LogP contribution >= 0.6 is 0 Å². The van der Waals surface area contributed by atoms with Gasteiger partial charge in [0.1, 0.15) is 0 Å². The highest BCUT2D eigenvalue weighted by molar-refractivity contribution is 5.82. The van der Waals surface area contributed by atoms with Crippen LogP contribution in [0.4, 0.5) is 0 Å². The van der Waals surface area contributed by atoms with Crippen LogP contribution in [0, 0.1) is 0 Å². The molecule has 1 atom stereocenters. The monoisotopic (exact) mass is 305 g/mol. The summed E-state index contributed by atoms with van der Waals surface area (Å²) in [7, 11) is 0. The number of nitrogens with zero attached hydrogens (tertiary/aromatic N) is 6. The molecule has 0 fully saturated rings. The fourth-order valence-corrected chi connectivity index (χ4v) is 2.56. The Labute approximate surface area is 127 Å². The van der Waals surface area contributed by atoms with Crippen LogP contribution in [0.3, 0.4) is 0 Å². The van der Waals surface area contributed by atoms with Crippen molar-refractivity contribution in [3.05, 3.63) is 17.5 Å². The number of nitrogens with one attached hydrogen (secondary N) is 1. The first-order valence-corrected chi connectivity index (χ1v) is 7.63. The van der Waals surface area contributed by atoms with E-state index in [0.29, 0.717) is 30.5 Å². The minimum absolute atomic E-state index is 0.0480. The third-order valence-corrected chi connectivity index (χ3v) is 3.76. The van der Waals surface area contributed by atoms with Gasteiger partial charge in [-0.15, -0.1) is 5.10 Å². The average molecular weight is 305 g/mol. The Morgan fingerprint density at radius 2 is 2.36 bits per heavy atom. The molecule has 2 aromatic rings. The van der Waals surface area contributed by atoms with E-state index in [9.17, 15) is 4.79 Å². The van der Waals surface area contributed by atoms with E-state index in [1.807, 2.05) is 6.92 Å². The van der Waals surface area contributed by atoms with Gasteiger partial charge in [0.05, 0.1) is 5.92 Å². The Kier molecular flexibility index (Phi) is 4.40. The van der Waals surface area contributed by atoms with Gasteiger partial charge in [-0.05, 0) is 23.3 Å². The summed E-state index contributed by atoms with van der Waals surface area (Å²) in [5, 5.41) is 18.3. The normalized spacial score (nSPS) is 17.8. The van der Waals surface area contributed by atoms with E-state index in [1.54, 1.807) is 4.68 Å². The largest absolute Gasteiger partial charge is 0.355 e. The molecule has 2 aromatic heterocycles. The third-order valence-electron chi connectivity index (χ3n) is 3.76. The summed E-state index contributed by atoms with van der Waals surface area (Å²) in [5.41, 5.74) is 0. The van der Waals surface area contributed by atoms with Gasteiger partial charge in [-0.1, -0.05) is 18.5 Å². The van der Waals surface area contributed by atoms with Crippen molar-refractivity contribution in [2.75, 3.05) is 6.54 Å². The second kappa shape index (κ2) is 6.63. The van der Waals surface area contributed by atoms with Crippen LogP contribution in [0.2, 0.25) is 0 Å². The van der Waals surface area contributed by atoms with Crippen molar-refractivity contribution in [1.82, 2.24) is 35.7 Å². The number of carbonyl (C=O) groups excluding carboxylic acids is 1. The van der Waals surface area contributed by atoms with Crippen molar-refractivity contribution in [2.24, 2.45) is 0 Å². The van der Waals surface area contributed by atoms with Gasteiger partial charge < -0.3 is 9.84 Å². The number of hydrogen-bond acceptors (Lipinski definition) is 7. The number of tetrazole rings is 1. The Bertz CT molecular complexity index is 636. The molecule has 0 aliphatic carbocycles. The van der Waals surface area contributed by atoms with Crippen molar-refractivity contribution in [3.63, 3.8) is 0 Å². The van der Waals surface area contributed by atoms with Crippen molar-refractivity contribution < 1.29 is 9.32 Å². The van der Waals surface area contributed by atoms with Gasteiger partial charge in [-0.2, -0.15) is 4.98 Å². The number of fused-ring (bicyclic) bond motifs is 1. The summed E-state index contributed by atoms with van der Waals surface area (Å²) in [4.78, 5) is 16.6. The van der Waals surface area contributed by atoms with Crippen molar-refractivity contribution in [1.29, 1.82) is 0 Å². The van der Waals surface area contributed by atoms with E-state index in [0.717, 1.165) is 32.2 Å². The highest BCUT2D eigenvalue weighted by Crippen LogP contribution is 2.23. The minimum Gasteiger partial charge on any atom is -0.355 e. The van der Waals surface area contributed by atoms with Crippen LogP contribution in [0.15, 0.2) is 4.52 Å². The molecule has 0 saturated heterocycles. The fourth-order valence-electron chi connectivity index (χ4n) is 2.56. The molecule has 118 valence electrons. The first-order chi connectivity index (χ1) is 10.8. The Morgan fingerprint density at radius 1 is 1.45 bits per heavy atom. The molecule has 9 heteroatoms. The lowest BCUT2D eigenvalue weighted by Gasteiger charge is -2.12. The average Bonchev–Trinajstić information content (AvgIpc) is 3.13. The molecule has 0 radical (unpaired) electrons. The minimum atomic E-state index is -0.286. The molecule has 1 amide bonds. The lowest BCUT2D eigenvalue weighted by molar-refractivity contribution is -0.122. The van der Waals surface area contributed by atoms with Gasteiger partial charge >= 0.3 is 0 Å². The molecule has 3 rings (SSSR count). The zero-order valence-corrected chi connectivity index (χ0v) is 12.5. The maximum absolute atomic E-state index is 12.4. The number of rotatable bonds is 5. The molecule has 9 nitrogen and oxygen atoms in total. The molecule has 0 spiro atoms. The van der Waals surface area contributed by atoms with E-state index in [-0.39, 0.29) is 11.8 Å².